The minimum Gasteiger partial charge on any atom is -0.335 e. The first-order chi connectivity index (χ1) is 9.11. The van der Waals surface area contributed by atoms with Crippen LogP contribution in [0.5, 0.6) is 0 Å². The number of hydrogen-bond acceptors (Lipinski definition) is 2. The lowest BCUT2D eigenvalue weighted by molar-refractivity contribution is 0.252. The van der Waals surface area contributed by atoms with Crippen LogP contribution in [0.1, 0.15) is 18.4 Å². The Morgan fingerprint density at radius 3 is 2.89 bits per heavy atom. The lowest BCUT2D eigenvalue weighted by atomic mass is 10.1. The van der Waals surface area contributed by atoms with Gasteiger partial charge in [0.25, 0.3) is 0 Å². The minimum absolute atomic E-state index is 0.175. The Morgan fingerprint density at radius 2 is 2.16 bits per heavy atom. The van der Waals surface area contributed by atoms with Crippen LogP contribution in [-0.4, -0.2) is 17.1 Å². The fraction of sp³-hybridized carbons (Fsp3) is 0.286. The molecule has 2 N–H and O–H groups in total. The first-order valence-electron chi connectivity index (χ1n) is 6.25. The van der Waals surface area contributed by atoms with Crippen LogP contribution in [0.15, 0.2) is 24.4 Å². The standard InChI is InChI=1S/C14H14ClN3O/c1-8-4-9-6-10(15)7-16-13(9)12(5-8)18-14(19)17-11-2-3-11/h4-7,11H,2-3H2,1H3,(H2,17,18,19). The number of benzene rings is 1. The summed E-state index contributed by atoms with van der Waals surface area (Å²) in [6.07, 6.45) is 3.72. The van der Waals surface area contributed by atoms with Gasteiger partial charge in [0.05, 0.1) is 16.2 Å². The number of aromatic nitrogens is 1. The van der Waals surface area contributed by atoms with E-state index in [9.17, 15) is 4.79 Å². The van der Waals surface area contributed by atoms with Gasteiger partial charge in [0.15, 0.2) is 0 Å². The van der Waals surface area contributed by atoms with E-state index in [1.807, 2.05) is 25.1 Å². The van der Waals surface area contributed by atoms with Crippen LogP contribution in [0, 0.1) is 6.92 Å². The van der Waals surface area contributed by atoms with Crippen molar-refractivity contribution in [3.8, 4) is 0 Å². The number of halogens is 1. The second-order valence-electron chi connectivity index (χ2n) is 4.91. The summed E-state index contributed by atoms with van der Waals surface area (Å²) in [5, 5.41) is 7.27. The first-order valence-corrected chi connectivity index (χ1v) is 6.63. The van der Waals surface area contributed by atoms with Gasteiger partial charge in [-0.15, -0.1) is 0 Å². The zero-order chi connectivity index (χ0) is 13.4. The normalized spacial score (nSPS) is 14.4. The van der Waals surface area contributed by atoms with E-state index < -0.39 is 0 Å². The topological polar surface area (TPSA) is 54.0 Å². The predicted octanol–water partition coefficient (Wildman–Crippen LogP) is 3.48. The Hall–Kier alpha value is -1.81. The number of amides is 2. The van der Waals surface area contributed by atoms with E-state index in [-0.39, 0.29) is 6.03 Å². The maximum absolute atomic E-state index is 11.8. The molecule has 5 heteroatoms. The molecule has 1 aliphatic rings. The van der Waals surface area contributed by atoms with Gasteiger partial charge in [0.2, 0.25) is 0 Å². The minimum atomic E-state index is -0.175. The zero-order valence-corrected chi connectivity index (χ0v) is 11.3. The number of aryl methyl sites for hydroxylation is 1. The largest absolute Gasteiger partial charge is 0.335 e. The number of carbonyl (C=O) groups is 1. The lowest BCUT2D eigenvalue weighted by Crippen LogP contribution is -2.30. The summed E-state index contributed by atoms with van der Waals surface area (Å²) in [6, 6.07) is 5.92. The Bertz CT molecular complexity index is 647. The smallest absolute Gasteiger partial charge is 0.319 e. The molecule has 1 saturated carbocycles. The van der Waals surface area contributed by atoms with Gasteiger partial charge in [0, 0.05) is 17.6 Å². The Morgan fingerprint density at radius 1 is 1.37 bits per heavy atom. The number of rotatable bonds is 2. The van der Waals surface area contributed by atoms with E-state index in [0.717, 1.165) is 29.3 Å². The molecular formula is C14H14ClN3O. The Kier molecular flexibility index (Phi) is 3.03. The third-order valence-electron chi connectivity index (χ3n) is 3.05. The van der Waals surface area contributed by atoms with E-state index in [2.05, 4.69) is 15.6 Å². The number of anilines is 1. The van der Waals surface area contributed by atoms with E-state index >= 15 is 0 Å². The Balaban J connectivity index is 1.94. The fourth-order valence-electron chi connectivity index (χ4n) is 2.04. The molecule has 1 aliphatic carbocycles. The lowest BCUT2D eigenvalue weighted by Gasteiger charge is -2.10. The monoisotopic (exact) mass is 275 g/mol. The maximum Gasteiger partial charge on any atom is 0.319 e. The molecule has 0 spiro atoms. The molecule has 1 heterocycles. The SMILES string of the molecule is Cc1cc(NC(=O)NC2CC2)c2ncc(Cl)cc2c1. The van der Waals surface area contributed by atoms with Crippen LogP contribution in [-0.2, 0) is 0 Å². The number of carbonyl (C=O) groups excluding carboxylic acids is 1. The number of pyridine rings is 1. The van der Waals surface area contributed by atoms with Crippen molar-refractivity contribution in [1.82, 2.24) is 10.3 Å². The van der Waals surface area contributed by atoms with Crippen molar-refractivity contribution in [3.05, 3.63) is 35.0 Å². The van der Waals surface area contributed by atoms with Crippen LogP contribution in [0.25, 0.3) is 10.9 Å². The summed E-state index contributed by atoms with van der Waals surface area (Å²) in [7, 11) is 0. The molecule has 3 rings (SSSR count). The Labute approximate surface area is 116 Å². The molecule has 2 aromatic rings. The molecule has 98 valence electrons. The highest BCUT2D eigenvalue weighted by Gasteiger charge is 2.23. The van der Waals surface area contributed by atoms with Crippen LogP contribution in [0.3, 0.4) is 0 Å². The van der Waals surface area contributed by atoms with Gasteiger partial charge in [-0.1, -0.05) is 11.6 Å². The van der Waals surface area contributed by atoms with Crippen molar-refractivity contribution < 1.29 is 4.79 Å². The number of nitrogens with zero attached hydrogens (tertiary/aromatic N) is 1. The van der Waals surface area contributed by atoms with E-state index in [4.69, 9.17) is 11.6 Å². The van der Waals surface area contributed by atoms with Crippen molar-refractivity contribution in [3.63, 3.8) is 0 Å². The van der Waals surface area contributed by atoms with Gasteiger partial charge in [-0.05, 0) is 43.5 Å². The molecular weight excluding hydrogens is 262 g/mol. The van der Waals surface area contributed by atoms with Gasteiger partial charge >= 0.3 is 6.03 Å². The summed E-state index contributed by atoms with van der Waals surface area (Å²) >= 11 is 5.94. The van der Waals surface area contributed by atoms with E-state index in [1.54, 1.807) is 6.20 Å². The van der Waals surface area contributed by atoms with Crippen molar-refractivity contribution >= 4 is 34.2 Å². The van der Waals surface area contributed by atoms with Crippen molar-refractivity contribution in [2.24, 2.45) is 0 Å². The molecule has 4 nitrogen and oxygen atoms in total. The van der Waals surface area contributed by atoms with Crippen molar-refractivity contribution in [2.45, 2.75) is 25.8 Å². The third kappa shape index (κ3) is 2.79. The zero-order valence-electron chi connectivity index (χ0n) is 10.5. The molecule has 2 amide bonds. The van der Waals surface area contributed by atoms with E-state index in [0.29, 0.717) is 16.8 Å². The quantitative estimate of drug-likeness (QED) is 0.882. The van der Waals surface area contributed by atoms with Crippen LogP contribution in [0.4, 0.5) is 10.5 Å². The number of hydrogen-bond donors (Lipinski definition) is 2. The molecule has 0 unspecified atom stereocenters. The van der Waals surface area contributed by atoms with Crippen LogP contribution in [0.2, 0.25) is 5.02 Å². The molecule has 0 radical (unpaired) electrons. The summed E-state index contributed by atoms with van der Waals surface area (Å²) in [4.78, 5) is 16.1. The average Bonchev–Trinajstić information content (AvgIpc) is 3.11. The van der Waals surface area contributed by atoms with Crippen LogP contribution >= 0.6 is 11.6 Å². The second-order valence-corrected chi connectivity index (χ2v) is 5.35. The van der Waals surface area contributed by atoms with E-state index in [1.165, 1.54) is 0 Å². The van der Waals surface area contributed by atoms with Gasteiger partial charge in [-0.2, -0.15) is 0 Å². The molecule has 0 aliphatic heterocycles. The van der Waals surface area contributed by atoms with Gasteiger partial charge in [0.1, 0.15) is 0 Å². The molecule has 1 aromatic carbocycles. The summed E-state index contributed by atoms with van der Waals surface area (Å²) in [6.45, 7) is 1.98. The highest BCUT2D eigenvalue weighted by molar-refractivity contribution is 6.31. The predicted molar refractivity (Wildman–Crippen MR) is 76.7 cm³/mol. The summed E-state index contributed by atoms with van der Waals surface area (Å²) in [5.74, 6) is 0. The fourth-order valence-corrected chi connectivity index (χ4v) is 2.21. The maximum atomic E-state index is 11.8. The van der Waals surface area contributed by atoms with Gasteiger partial charge in [-0.3, -0.25) is 4.98 Å². The van der Waals surface area contributed by atoms with Gasteiger partial charge < -0.3 is 10.6 Å². The molecule has 0 bridgehead atoms. The van der Waals surface area contributed by atoms with Crippen LogP contribution < -0.4 is 10.6 Å². The molecule has 1 aromatic heterocycles. The van der Waals surface area contributed by atoms with Crippen molar-refractivity contribution in [1.29, 1.82) is 0 Å². The third-order valence-corrected chi connectivity index (χ3v) is 3.26. The van der Waals surface area contributed by atoms with Gasteiger partial charge in [-0.25, -0.2) is 4.79 Å². The highest BCUT2D eigenvalue weighted by Crippen LogP contribution is 2.26. The highest BCUT2D eigenvalue weighted by atomic mass is 35.5. The molecule has 19 heavy (non-hydrogen) atoms. The van der Waals surface area contributed by atoms with Crippen molar-refractivity contribution in [2.75, 3.05) is 5.32 Å². The number of fused-ring (bicyclic) bond motifs is 1. The molecule has 1 fully saturated rings. The number of nitrogens with one attached hydrogen (secondary N) is 2. The summed E-state index contributed by atoms with van der Waals surface area (Å²) in [5.41, 5.74) is 2.52. The molecule has 0 saturated heterocycles. The first kappa shape index (κ1) is 12.2. The number of urea groups is 1. The second kappa shape index (κ2) is 4.70. The molecule has 0 atom stereocenters. The average molecular weight is 276 g/mol. The summed E-state index contributed by atoms with van der Waals surface area (Å²) < 4.78 is 0.